The molecule has 1 aliphatic heterocycles. The van der Waals surface area contributed by atoms with Crippen molar-refractivity contribution in [3.8, 4) is 17.2 Å². The van der Waals surface area contributed by atoms with Crippen LogP contribution >= 0.6 is 0 Å². The van der Waals surface area contributed by atoms with Gasteiger partial charge < -0.3 is 19.5 Å². The molecular formula is C21H19N3O4. The van der Waals surface area contributed by atoms with Crippen LogP contribution in [-0.2, 0) is 4.79 Å². The van der Waals surface area contributed by atoms with E-state index in [1.165, 1.54) is 0 Å². The fraction of sp³-hybridized carbons (Fsp3) is 0.143. The summed E-state index contributed by atoms with van der Waals surface area (Å²) in [5, 5.41) is 9.18. The summed E-state index contributed by atoms with van der Waals surface area (Å²) in [5.41, 5.74) is 4.10. The van der Waals surface area contributed by atoms with Crippen molar-refractivity contribution in [2.75, 3.05) is 25.8 Å². The second-order valence-electron chi connectivity index (χ2n) is 6.12. The van der Waals surface area contributed by atoms with E-state index < -0.39 is 0 Å². The highest BCUT2D eigenvalue weighted by atomic mass is 16.7. The van der Waals surface area contributed by atoms with Gasteiger partial charge >= 0.3 is 0 Å². The number of nitrogens with one attached hydrogen (secondary N) is 2. The quantitative estimate of drug-likeness (QED) is 0.510. The van der Waals surface area contributed by atoms with Crippen LogP contribution in [-0.4, -0.2) is 32.6 Å². The maximum absolute atomic E-state index is 12.1. The van der Waals surface area contributed by atoms with Gasteiger partial charge in [0.05, 0.1) is 19.9 Å². The third-order valence-electron chi connectivity index (χ3n) is 4.36. The summed E-state index contributed by atoms with van der Waals surface area (Å²) in [4.78, 5) is 12.1. The van der Waals surface area contributed by atoms with E-state index in [0.717, 1.165) is 22.0 Å². The lowest BCUT2D eigenvalue weighted by Gasteiger charge is -2.09. The normalized spacial score (nSPS) is 12.3. The van der Waals surface area contributed by atoms with Crippen molar-refractivity contribution in [3.05, 3.63) is 60.2 Å². The summed E-state index contributed by atoms with van der Waals surface area (Å²) in [6.07, 6.45) is 1.60. The molecule has 142 valence electrons. The first kappa shape index (κ1) is 17.7. The first-order valence-corrected chi connectivity index (χ1v) is 8.76. The van der Waals surface area contributed by atoms with E-state index in [1.54, 1.807) is 25.5 Å². The third-order valence-corrected chi connectivity index (χ3v) is 4.36. The highest BCUT2D eigenvalue weighted by Crippen LogP contribution is 2.34. The lowest BCUT2D eigenvalue weighted by atomic mass is 10.0. The van der Waals surface area contributed by atoms with Crippen LogP contribution in [0.25, 0.3) is 10.8 Å². The molecule has 28 heavy (non-hydrogen) atoms. The fourth-order valence-corrected chi connectivity index (χ4v) is 2.98. The topological polar surface area (TPSA) is 81.2 Å². The molecule has 0 spiro atoms. The van der Waals surface area contributed by atoms with Gasteiger partial charge in [0.25, 0.3) is 5.91 Å². The van der Waals surface area contributed by atoms with Gasteiger partial charge in [0, 0.05) is 17.3 Å². The molecule has 0 bridgehead atoms. The average molecular weight is 377 g/mol. The zero-order valence-corrected chi connectivity index (χ0v) is 15.3. The van der Waals surface area contributed by atoms with Crippen molar-refractivity contribution in [1.29, 1.82) is 0 Å². The predicted molar refractivity (Wildman–Crippen MR) is 107 cm³/mol. The number of hydrazone groups is 1. The summed E-state index contributed by atoms with van der Waals surface area (Å²) < 4.78 is 16.0. The van der Waals surface area contributed by atoms with Gasteiger partial charge in [-0.15, -0.1) is 0 Å². The van der Waals surface area contributed by atoms with Gasteiger partial charge in [-0.3, -0.25) is 4.79 Å². The lowest BCUT2D eigenvalue weighted by Crippen LogP contribution is -2.25. The van der Waals surface area contributed by atoms with Crippen LogP contribution in [0.15, 0.2) is 59.7 Å². The fourth-order valence-electron chi connectivity index (χ4n) is 2.98. The van der Waals surface area contributed by atoms with Gasteiger partial charge in [-0.1, -0.05) is 30.3 Å². The minimum absolute atomic E-state index is 0.0731. The number of hydrogen-bond acceptors (Lipinski definition) is 6. The van der Waals surface area contributed by atoms with Gasteiger partial charge in [0.1, 0.15) is 5.75 Å². The van der Waals surface area contributed by atoms with Gasteiger partial charge in [0.15, 0.2) is 11.5 Å². The summed E-state index contributed by atoms with van der Waals surface area (Å²) in [6.45, 7) is 0.287. The van der Waals surface area contributed by atoms with Crippen molar-refractivity contribution in [2.45, 2.75) is 0 Å². The first-order chi connectivity index (χ1) is 13.7. The molecular weight excluding hydrogens is 358 g/mol. The Morgan fingerprint density at radius 2 is 2.00 bits per heavy atom. The average Bonchev–Trinajstić information content (AvgIpc) is 3.20. The number of fused-ring (bicyclic) bond motifs is 2. The Balaban J connectivity index is 1.39. The van der Waals surface area contributed by atoms with Crippen LogP contribution in [0.4, 0.5) is 5.69 Å². The minimum atomic E-state index is -0.270. The van der Waals surface area contributed by atoms with Gasteiger partial charge in [-0.25, -0.2) is 5.43 Å². The number of anilines is 1. The first-order valence-electron chi connectivity index (χ1n) is 8.76. The second kappa shape index (κ2) is 7.87. The van der Waals surface area contributed by atoms with E-state index in [-0.39, 0.29) is 19.2 Å². The van der Waals surface area contributed by atoms with E-state index in [4.69, 9.17) is 14.2 Å². The maximum Gasteiger partial charge on any atom is 0.259 e. The number of hydrogen-bond donors (Lipinski definition) is 2. The van der Waals surface area contributed by atoms with Crippen molar-refractivity contribution < 1.29 is 19.0 Å². The number of carbonyl (C=O) groups excluding carboxylic acids is 1. The number of amides is 1. The van der Waals surface area contributed by atoms with E-state index in [0.29, 0.717) is 17.2 Å². The summed E-state index contributed by atoms with van der Waals surface area (Å²) >= 11 is 0. The van der Waals surface area contributed by atoms with Crippen LogP contribution in [0, 0.1) is 0 Å². The zero-order valence-electron chi connectivity index (χ0n) is 15.3. The molecule has 3 aromatic rings. The Labute approximate surface area is 161 Å². The largest absolute Gasteiger partial charge is 0.496 e. The summed E-state index contributed by atoms with van der Waals surface area (Å²) in [7, 11) is 1.61. The number of methoxy groups -OCH3 is 1. The minimum Gasteiger partial charge on any atom is -0.496 e. The maximum atomic E-state index is 12.1. The Morgan fingerprint density at radius 3 is 2.89 bits per heavy atom. The molecule has 0 saturated carbocycles. The number of carbonyl (C=O) groups is 1. The molecule has 1 aliphatic rings. The number of benzene rings is 3. The SMILES string of the molecule is COc1ccc2ccccc2c1/C=N\NC(=O)CNc1ccc2c(c1)OCO2. The summed E-state index contributed by atoms with van der Waals surface area (Å²) in [5.74, 6) is 1.78. The van der Waals surface area contributed by atoms with Gasteiger partial charge in [-0.2, -0.15) is 5.10 Å². The van der Waals surface area contributed by atoms with Crippen LogP contribution < -0.4 is 25.0 Å². The van der Waals surface area contributed by atoms with Crippen LogP contribution in [0.5, 0.6) is 17.2 Å². The molecule has 0 fully saturated rings. The predicted octanol–water partition coefficient (Wildman–Crippen LogP) is 3.14. The van der Waals surface area contributed by atoms with Crippen LogP contribution in [0.3, 0.4) is 0 Å². The van der Waals surface area contributed by atoms with E-state index in [9.17, 15) is 4.79 Å². The Hall–Kier alpha value is -3.74. The molecule has 7 nitrogen and oxygen atoms in total. The number of nitrogens with zero attached hydrogens (tertiary/aromatic N) is 1. The smallest absolute Gasteiger partial charge is 0.259 e. The molecule has 0 aromatic heterocycles. The van der Waals surface area contributed by atoms with E-state index in [1.807, 2.05) is 42.5 Å². The van der Waals surface area contributed by atoms with Gasteiger partial charge in [-0.05, 0) is 29.0 Å². The molecule has 1 heterocycles. The van der Waals surface area contributed by atoms with Crippen molar-refractivity contribution in [1.82, 2.24) is 5.43 Å². The van der Waals surface area contributed by atoms with Gasteiger partial charge in [0.2, 0.25) is 6.79 Å². The van der Waals surface area contributed by atoms with Crippen molar-refractivity contribution >= 4 is 28.6 Å². The number of rotatable bonds is 6. The van der Waals surface area contributed by atoms with E-state index in [2.05, 4.69) is 15.8 Å². The highest BCUT2D eigenvalue weighted by Gasteiger charge is 2.13. The third kappa shape index (κ3) is 3.68. The highest BCUT2D eigenvalue weighted by molar-refractivity contribution is 6.02. The number of ether oxygens (including phenoxy) is 3. The molecule has 4 rings (SSSR count). The second-order valence-corrected chi connectivity index (χ2v) is 6.12. The summed E-state index contributed by atoms with van der Waals surface area (Å²) in [6, 6.07) is 17.2. The monoisotopic (exact) mass is 377 g/mol. The molecule has 7 heteroatoms. The molecule has 0 unspecified atom stereocenters. The molecule has 0 aliphatic carbocycles. The standard InChI is InChI=1S/C21H19N3O4/c1-26-18-8-6-14-4-2-3-5-16(14)17(18)11-23-24-21(25)12-22-15-7-9-19-20(10-15)28-13-27-19/h2-11,22H,12-13H2,1H3,(H,24,25)/b23-11-. The van der Waals surface area contributed by atoms with Crippen LogP contribution in [0.1, 0.15) is 5.56 Å². The molecule has 1 amide bonds. The van der Waals surface area contributed by atoms with Crippen molar-refractivity contribution in [3.63, 3.8) is 0 Å². The molecule has 0 saturated heterocycles. The molecule has 0 radical (unpaired) electrons. The van der Waals surface area contributed by atoms with E-state index >= 15 is 0 Å². The van der Waals surface area contributed by atoms with Crippen LogP contribution in [0.2, 0.25) is 0 Å². The molecule has 0 atom stereocenters. The Morgan fingerprint density at radius 1 is 1.14 bits per heavy atom. The molecule has 2 N–H and O–H groups in total. The Bertz CT molecular complexity index is 1050. The lowest BCUT2D eigenvalue weighted by molar-refractivity contribution is -0.119. The molecule has 3 aromatic carbocycles. The Kier molecular flexibility index (Phi) is 4.97. The zero-order chi connectivity index (χ0) is 19.3. The van der Waals surface area contributed by atoms with Crippen molar-refractivity contribution in [2.24, 2.45) is 5.10 Å².